The highest BCUT2D eigenvalue weighted by molar-refractivity contribution is 5.91. The summed E-state index contributed by atoms with van der Waals surface area (Å²) in [6.45, 7) is 4.05. The summed E-state index contributed by atoms with van der Waals surface area (Å²) in [4.78, 5) is 20.9. The molecule has 33 heavy (non-hydrogen) atoms. The van der Waals surface area contributed by atoms with Crippen molar-refractivity contribution in [2.75, 3.05) is 0 Å². The number of hydrogen-bond acceptors (Lipinski definition) is 4. The van der Waals surface area contributed by atoms with E-state index < -0.39 is 0 Å². The summed E-state index contributed by atoms with van der Waals surface area (Å²) >= 11 is 0. The second-order valence-electron chi connectivity index (χ2n) is 9.09. The van der Waals surface area contributed by atoms with Gasteiger partial charge in [0, 0.05) is 28.9 Å². The Labute approximate surface area is 191 Å². The number of aryl methyl sites for hydroxylation is 1. The number of amides is 1. The molecule has 0 spiro atoms. The minimum Gasteiger partial charge on any atom is -0.354 e. The van der Waals surface area contributed by atoms with Gasteiger partial charge in [0.05, 0.1) is 0 Å². The first kappa shape index (κ1) is 21.4. The molecule has 7 heteroatoms. The van der Waals surface area contributed by atoms with Crippen LogP contribution in [-0.4, -0.2) is 21.0 Å². The van der Waals surface area contributed by atoms with Crippen LogP contribution in [0.3, 0.4) is 0 Å². The molecule has 2 aromatic carbocycles. The van der Waals surface area contributed by atoms with Gasteiger partial charge in [0.15, 0.2) is 5.82 Å². The van der Waals surface area contributed by atoms with E-state index in [-0.39, 0.29) is 23.7 Å². The molecule has 1 fully saturated rings. The monoisotopic (exact) mass is 446 g/mol. The normalized spacial score (nSPS) is 14.7. The van der Waals surface area contributed by atoms with Crippen LogP contribution in [0, 0.1) is 11.7 Å². The lowest BCUT2D eigenvalue weighted by Gasteiger charge is -2.18. The zero-order valence-electron chi connectivity index (χ0n) is 18.8. The van der Waals surface area contributed by atoms with Gasteiger partial charge in [-0.2, -0.15) is 4.98 Å². The maximum Gasteiger partial charge on any atom is 0.249 e. The molecule has 1 aliphatic rings. The maximum absolute atomic E-state index is 13.5. The number of fused-ring (bicyclic) bond motifs is 1. The number of aromatic nitrogens is 3. The second kappa shape index (κ2) is 8.81. The Hall–Kier alpha value is -3.48. The molecule has 1 saturated carbocycles. The number of carbonyl (C=O) groups is 1. The summed E-state index contributed by atoms with van der Waals surface area (Å²) in [6.07, 6.45) is 3.05. The van der Waals surface area contributed by atoms with E-state index in [0.717, 1.165) is 46.4 Å². The van der Waals surface area contributed by atoms with Gasteiger partial charge >= 0.3 is 0 Å². The van der Waals surface area contributed by atoms with Crippen LogP contribution in [0.5, 0.6) is 0 Å². The molecule has 1 atom stereocenters. The third-order valence-electron chi connectivity index (χ3n) is 6.20. The average molecular weight is 447 g/mol. The van der Waals surface area contributed by atoms with E-state index in [0.29, 0.717) is 24.7 Å². The lowest BCUT2D eigenvalue weighted by Crippen LogP contribution is -2.32. The van der Waals surface area contributed by atoms with Gasteiger partial charge in [-0.3, -0.25) is 4.79 Å². The third kappa shape index (κ3) is 4.53. The second-order valence-corrected chi connectivity index (χ2v) is 9.09. The molecule has 1 aliphatic carbocycles. The van der Waals surface area contributed by atoms with Gasteiger partial charge in [-0.15, -0.1) is 0 Å². The fraction of sp³-hybridized carbons (Fsp3) is 0.346. The number of carbonyl (C=O) groups excluding carboxylic acids is 1. The number of nitrogens with zero attached hydrogens (tertiary/aromatic N) is 2. The van der Waals surface area contributed by atoms with Crippen molar-refractivity contribution in [2.45, 2.75) is 51.5 Å². The van der Waals surface area contributed by atoms with Crippen molar-refractivity contribution in [3.63, 3.8) is 0 Å². The summed E-state index contributed by atoms with van der Waals surface area (Å²) in [5.74, 6) is 1.38. The van der Waals surface area contributed by atoms with Gasteiger partial charge in [-0.1, -0.05) is 37.2 Å². The van der Waals surface area contributed by atoms with Crippen LogP contribution in [0.25, 0.3) is 22.2 Å². The minimum absolute atomic E-state index is 0.0739. The van der Waals surface area contributed by atoms with Crippen molar-refractivity contribution in [3.8, 4) is 11.3 Å². The number of rotatable bonds is 8. The number of hydrogen-bond donors (Lipinski definition) is 2. The Kier molecular flexibility index (Phi) is 5.70. The van der Waals surface area contributed by atoms with Crippen LogP contribution in [0.15, 0.2) is 53.1 Å². The highest BCUT2D eigenvalue weighted by atomic mass is 19.1. The molecule has 1 amide bonds. The number of nitrogens with one attached hydrogen (secondary N) is 2. The molecule has 170 valence electrons. The molecule has 0 aliphatic heterocycles. The van der Waals surface area contributed by atoms with E-state index in [9.17, 15) is 9.18 Å². The number of aromatic amines is 1. The Morgan fingerprint density at radius 2 is 1.94 bits per heavy atom. The smallest absolute Gasteiger partial charge is 0.249 e. The molecule has 4 aromatic rings. The topological polar surface area (TPSA) is 83.8 Å². The number of para-hydroxylation sites is 1. The van der Waals surface area contributed by atoms with E-state index in [1.807, 2.05) is 38.1 Å². The molecular formula is C26H27FN4O2. The largest absolute Gasteiger partial charge is 0.354 e. The predicted octanol–water partition coefficient (Wildman–Crippen LogP) is 5.68. The van der Waals surface area contributed by atoms with Crippen LogP contribution >= 0.6 is 0 Å². The van der Waals surface area contributed by atoms with E-state index in [1.165, 1.54) is 12.1 Å². The molecule has 0 radical (unpaired) electrons. The lowest BCUT2D eigenvalue weighted by molar-refractivity contribution is -0.122. The molecule has 0 saturated heterocycles. The first-order chi connectivity index (χ1) is 16.0. The van der Waals surface area contributed by atoms with Crippen molar-refractivity contribution in [3.05, 3.63) is 71.6 Å². The third-order valence-corrected chi connectivity index (χ3v) is 6.20. The average Bonchev–Trinajstić information content (AvgIpc) is 3.43. The van der Waals surface area contributed by atoms with E-state index in [4.69, 9.17) is 4.52 Å². The fourth-order valence-corrected chi connectivity index (χ4v) is 4.20. The minimum atomic E-state index is -0.322. The Morgan fingerprint density at radius 3 is 2.67 bits per heavy atom. The Morgan fingerprint density at radius 1 is 1.18 bits per heavy atom. The van der Waals surface area contributed by atoms with Gasteiger partial charge in [-0.25, -0.2) is 4.39 Å². The summed E-state index contributed by atoms with van der Waals surface area (Å²) in [7, 11) is 0. The van der Waals surface area contributed by atoms with Crippen molar-refractivity contribution in [1.29, 1.82) is 0 Å². The molecular weight excluding hydrogens is 419 g/mol. The van der Waals surface area contributed by atoms with Gasteiger partial charge < -0.3 is 14.8 Å². The summed E-state index contributed by atoms with van der Waals surface area (Å²) < 4.78 is 18.9. The quantitative estimate of drug-likeness (QED) is 0.365. The maximum atomic E-state index is 13.5. The summed E-state index contributed by atoms with van der Waals surface area (Å²) in [5, 5.41) is 8.25. The zero-order valence-corrected chi connectivity index (χ0v) is 18.8. The van der Waals surface area contributed by atoms with Gasteiger partial charge in [0.1, 0.15) is 11.9 Å². The number of benzene rings is 2. The van der Waals surface area contributed by atoms with Crippen molar-refractivity contribution in [2.24, 2.45) is 5.92 Å². The van der Waals surface area contributed by atoms with Crippen molar-refractivity contribution in [1.82, 2.24) is 20.4 Å². The van der Waals surface area contributed by atoms with E-state index in [1.54, 1.807) is 12.1 Å². The van der Waals surface area contributed by atoms with Crippen molar-refractivity contribution >= 4 is 16.8 Å². The lowest BCUT2D eigenvalue weighted by atomic mass is 10.00. The molecule has 1 unspecified atom stereocenters. The van der Waals surface area contributed by atoms with Crippen LogP contribution in [0.1, 0.15) is 62.3 Å². The molecule has 2 N–H and O–H groups in total. The molecule has 5 rings (SSSR count). The number of halogens is 1. The standard InChI is InChI=1S/C26H27FN4O2/c1-15(2)23(26-30-25(31-33-26)17-7-8-17)29-22(32)14-13-20-19-5-3-4-6-21(19)28-24(20)16-9-11-18(27)12-10-16/h3-6,9-12,15,17,23,28H,7-8,13-14H2,1-2H3,(H,29,32). The molecule has 6 nitrogen and oxygen atoms in total. The first-order valence-corrected chi connectivity index (χ1v) is 11.5. The van der Waals surface area contributed by atoms with Gasteiger partial charge in [-0.05, 0) is 66.6 Å². The molecule has 0 bridgehead atoms. The van der Waals surface area contributed by atoms with E-state index >= 15 is 0 Å². The van der Waals surface area contributed by atoms with Crippen molar-refractivity contribution < 1.29 is 13.7 Å². The highest BCUT2D eigenvalue weighted by Gasteiger charge is 2.31. The van der Waals surface area contributed by atoms with Crippen LogP contribution in [0.4, 0.5) is 4.39 Å². The van der Waals surface area contributed by atoms with Crippen LogP contribution in [-0.2, 0) is 11.2 Å². The van der Waals surface area contributed by atoms with E-state index in [2.05, 4.69) is 20.4 Å². The highest BCUT2D eigenvalue weighted by Crippen LogP contribution is 2.39. The predicted molar refractivity (Wildman–Crippen MR) is 124 cm³/mol. The van der Waals surface area contributed by atoms with Gasteiger partial charge in [0.25, 0.3) is 0 Å². The first-order valence-electron chi connectivity index (χ1n) is 11.5. The molecule has 2 aromatic heterocycles. The van der Waals surface area contributed by atoms with Crippen LogP contribution < -0.4 is 5.32 Å². The summed E-state index contributed by atoms with van der Waals surface area (Å²) in [5.41, 5.74) is 3.84. The SMILES string of the molecule is CC(C)C(NC(=O)CCc1c(-c2ccc(F)cc2)[nH]c2ccccc12)c1nc(C2CC2)no1. The fourth-order valence-electron chi connectivity index (χ4n) is 4.20. The number of H-pyrrole nitrogens is 1. The van der Waals surface area contributed by atoms with Crippen LogP contribution in [0.2, 0.25) is 0 Å². The Balaban J connectivity index is 1.34. The zero-order chi connectivity index (χ0) is 22.9. The van der Waals surface area contributed by atoms with Gasteiger partial charge in [0.2, 0.25) is 11.8 Å². The Bertz CT molecular complexity index is 1270. The summed E-state index contributed by atoms with van der Waals surface area (Å²) in [6, 6.07) is 14.1. The molecule has 2 heterocycles.